The number of rotatable bonds is 2. The third kappa shape index (κ3) is 2.22. The molecule has 0 fully saturated rings. The lowest BCUT2D eigenvalue weighted by Gasteiger charge is -2.05. The predicted octanol–water partition coefficient (Wildman–Crippen LogP) is 2.30. The van der Waals surface area contributed by atoms with Crippen molar-refractivity contribution in [1.82, 2.24) is 9.78 Å². The van der Waals surface area contributed by atoms with Crippen molar-refractivity contribution in [2.24, 2.45) is 0 Å². The third-order valence-electron chi connectivity index (χ3n) is 2.23. The van der Waals surface area contributed by atoms with Crippen LogP contribution in [0.5, 0.6) is 0 Å². The number of allylic oxidation sites excluding steroid dienone is 1. The second-order valence-corrected chi connectivity index (χ2v) is 3.29. The highest BCUT2D eigenvalue weighted by Crippen LogP contribution is 2.16. The number of nitrogens with zero attached hydrogens (tertiary/aromatic N) is 4. The van der Waals surface area contributed by atoms with Crippen LogP contribution >= 0.6 is 0 Å². The Bertz CT molecular complexity index is 608. The quantitative estimate of drug-likeness (QED) is 0.729. The summed E-state index contributed by atoms with van der Waals surface area (Å²) in [5, 5.41) is 21.6. The average molecular weight is 220 g/mol. The first-order valence-electron chi connectivity index (χ1n) is 4.96. The summed E-state index contributed by atoms with van der Waals surface area (Å²) >= 11 is 0. The molecule has 0 radical (unpaired) electrons. The number of nitriles is 2. The monoisotopic (exact) mass is 220 g/mol. The van der Waals surface area contributed by atoms with Gasteiger partial charge in [-0.15, -0.1) is 0 Å². The maximum Gasteiger partial charge on any atom is 0.130 e. The van der Waals surface area contributed by atoms with Crippen molar-refractivity contribution in [1.29, 1.82) is 10.5 Å². The number of para-hydroxylation sites is 1. The first-order chi connectivity index (χ1) is 8.35. The van der Waals surface area contributed by atoms with E-state index in [9.17, 15) is 0 Å². The molecule has 17 heavy (non-hydrogen) atoms. The van der Waals surface area contributed by atoms with Crippen molar-refractivity contribution >= 4 is 6.08 Å². The fraction of sp³-hybridized carbons (Fsp3) is 0. The van der Waals surface area contributed by atoms with Crippen LogP contribution in [0.3, 0.4) is 0 Å². The molecule has 2 rings (SSSR count). The van der Waals surface area contributed by atoms with Gasteiger partial charge in [-0.05, 0) is 18.2 Å². The van der Waals surface area contributed by atoms with Crippen LogP contribution in [-0.4, -0.2) is 9.78 Å². The van der Waals surface area contributed by atoms with Crippen molar-refractivity contribution in [3.63, 3.8) is 0 Å². The van der Waals surface area contributed by atoms with E-state index in [4.69, 9.17) is 10.5 Å². The Balaban J connectivity index is 2.54. The van der Waals surface area contributed by atoms with E-state index in [-0.39, 0.29) is 5.57 Å². The summed E-state index contributed by atoms with van der Waals surface area (Å²) in [5.74, 6) is 0. The van der Waals surface area contributed by atoms with Crippen LogP contribution in [0.15, 0.2) is 48.3 Å². The Morgan fingerprint density at radius 2 is 1.94 bits per heavy atom. The largest absolute Gasteiger partial charge is 0.240 e. The highest BCUT2D eigenvalue weighted by molar-refractivity contribution is 5.67. The summed E-state index contributed by atoms with van der Waals surface area (Å²) in [6.07, 6.45) is 5.04. The lowest BCUT2D eigenvalue weighted by Crippen LogP contribution is -1.96. The molecule has 4 heteroatoms. The van der Waals surface area contributed by atoms with E-state index in [1.54, 1.807) is 17.0 Å². The van der Waals surface area contributed by atoms with E-state index in [0.717, 1.165) is 11.3 Å². The van der Waals surface area contributed by atoms with E-state index in [1.165, 1.54) is 0 Å². The van der Waals surface area contributed by atoms with E-state index in [0.29, 0.717) is 0 Å². The Morgan fingerprint density at radius 3 is 2.59 bits per heavy atom. The van der Waals surface area contributed by atoms with Gasteiger partial charge in [0.1, 0.15) is 17.7 Å². The molecule has 0 bridgehead atoms. The number of aromatic nitrogens is 2. The molecule has 0 aliphatic rings. The topological polar surface area (TPSA) is 65.4 Å². The molecule has 0 saturated heterocycles. The molecule has 0 saturated carbocycles. The lowest BCUT2D eigenvalue weighted by molar-refractivity contribution is 0.878. The summed E-state index contributed by atoms with van der Waals surface area (Å²) < 4.78 is 1.69. The molecule has 0 N–H and O–H groups in total. The molecule has 0 aliphatic carbocycles. The molecule has 0 unspecified atom stereocenters. The van der Waals surface area contributed by atoms with Gasteiger partial charge in [-0.1, -0.05) is 18.2 Å². The molecule has 80 valence electrons. The predicted molar refractivity (Wildman–Crippen MR) is 62.8 cm³/mol. The Kier molecular flexibility index (Phi) is 3.00. The summed E-state index contributed by atoms with van der Waals surface area (Å²) in [5.41, 5.74) is 1.69. The van der Waals surface area contributed by atoms with E-state index < -0.39 is 0 Å². The highest BCUT2D eigenvalue weighted by atomic mass is 15.3. The first kappa shape index (κ1) is 10.7. The SMILES string of the molecule is N#CC(C#N)=Cc1ccccc1-n1cccn1. The van der Waals surface area contributed by atoms with Crippen molar-refractivity contribution in [2.75, 3.05) is 0 Å². The highest BCUT2D eigenvalue weighted by Gasteiger charge is 2.03. The molecule has 0 aliphatic heterocycles. The van der Waals surface area contributed by atoms with Crippen LogP contribution in [0.25, 0.3) is 11.8 Å². The van der Waals surface area contributed by atoms with E-state index in [1.807, 2.05) is 48.7 Å². The van der Waals surface area contributed by atoms with Crippen LogP contribution in [-0.2, 0) is 0 Å². The van der Waals surface area contributed by atoms with Gasteiger partial charge in [-0.3, -0.25) is 0 Å². The second kappa shape index (κ2) is 4.78. The van der Waals surface area contributed by atoms with Crippen molar-refractivity contribution in [3.05, 3.63) is 53.9 Å². The number of hydrogen-bond donors (Lipinski definition) is 0. The van der Waals surface area contributed by atoms with Gasteiger partial charge in [0, 0.05) is 18.0 Å². The smallest absolute Gasteiger partial charge is 0.130 e. The van der Waals surface area contributed by atoms with Gasteiger partial charge in [-0.25, -0.2) is 4.68 Å². The van der Waals surface area contributed by atoms with Crippen LogP contribution in [0.1, 0.15) is 5.56 Å². The molecule has 4 nitrogen and oxygen atoms in total. The van der Waals surface area contributed by atoms with Crippen LogP contribution in [0.4, 0.5) is 0 Å². The molecule has 0 atom stereocenters. The van der Waals surface area contributed by atoms with Crippen molar-refractivity contribution in [3.8, 4) is 17.8 Å². The maximum atomic E-state index is 8.75. The van der Waals surface area contributed by atoms with Crippen LogP contribution in [0, 0.1) is 22.7 Å². The molecule has 1 aromatic heterocycles. The molecule has 1 aromatic carbocycles. The van der Waals surface area contributed by atoms with Gasteiger partial charge in [0.2, 0.25) is 0 Å². The molecular formula is C13H8N4. The normalized spacial score (nSPS) is 9.06. The zero-order chi connectivity index (χ0) is 12.1. The molecular weight excluding hydrogens is 212 g/mol. The standard InChI is InChI=1S/C13H8N4/c14-9-11(10-15)8-12-4-1-2-5-13(12)17-7-3-6-16-17/h1-8H. The summed E-state index contributed by atoms with van der Waals surface area (Å²) in [6, 6.07) is 13.0. The molecule has 2 aromatic rings. The summed E-state index contributed by atoms with van der Waals surface area (Å²) in [4.78, 5) is 0. The van der Waals surface area contributed by atoms with Gasteiger partial charge in [0.15, 0.2) is 0 Å². The lowest BCUT2D eigenvalue weighted by atomic mass is 10.1. The van der Waals surface area contributed by atoms with Gasteiger partial charge < -0.3 is 0 Å². The van der Waals surface area contributed by atoms with Gasteiger partial charge in [0.25, 0.3) is 0 Å². The zero-order valence-electron chi connectivity index (χ0n) is 8.91. The van der Waals surface area contributed by atoms with E-state index >= 15 is 0 Å². The third-order valence-corrected chi connectivity index (χ3v) is 2.23. The average Bonchev–Trinajstić information content (AvgIpc) is 2.90. The van der Waals surface area contributed by atoms with E-state index in [2.05, 4.69) is 5.10 Å². The fourth-order valence-electron chi connectivity index (χ4n) is 1.47. The molecule has 0 spiro atoms. The summed E-state index contributed by atoms with van der Waals surface area (Å²) in [7, 11) is 0. The van der Waals surface area contributed by atoms with Crippen molar-refractivity contribution in [2.45, 2.75) is 0 Å². The number of benzene rings is 1. The van der Waals surface area contributed by atoms with Gasteiger partial charge >= 0.3 is 0 Å². The van der Waals surface area contributed by atoms with Crippen LogP contribution < -0.4 is 0 Å². The van der Waals surface area contributed by atoms with Gasteiger partial charge in [0.05, 0.1) is 5.69 Å². The van der Waals surface area contributed by atoms with Crippen LogP contribution in [0.2, 0.25) is 0 Å². The molecule has 1 heterocycles. The first-order valence-corrected chi connectivity index (χ1v) is 4.96. The maximum absolute atomic E-state index is 8.75. The zero-order valence-corrected chi connectivity index (χ0v) is 8.91. The van der Waals surface area contributed by atoms with Gasteiger partial charge in [-0.2, -0.15) is 15.6 Å². The molecule has 0 amide bonds. The Hall–Kier alpha value is -2.85. The number of hydrogen-bond acceptors (Lipinski definition) is 3. The second-order valence-electron chi connectivity index (χ2n) is 3.29. The van der Waals surface area contributed by atoms with Crippen molar-refractivity contribution < 1.29 is 0 Å². The minimum absolute atomic E-state index is 0.0737. The fourth-order valence-corrected chi connectivity index (χ4v) is 1.47. The Morgan fingerprint density at radius 1 is 1.18 bits per heavy atom. The minimum Gasteiger partial charge on any atom is -0.240 e. The minimum atomic E-state index is 0.0737. The Labute approximate surface area is 98.7 Å². The summed E-state index contributed by atoms with van der Waals surface area (Å²) in [6.45, 7) is 0.